The molecular weight excluding hydrogens is 334 g/mol. The van der Waals surface area contributed by atoms with Gasteiger partial charge >= 0.3 is 0 Å². The number of hydrogen-bond donors (Lipinski definition) is 0. The van der Waals surface area contributed by atoms with Crippen molar-refractivity contribution in [1.29, 1.82) is 0 Å². The van der Waals surface area contributed by atoms with Crippen molar-refractivity contribution in [2.24, 2.45) is 0 Å². The van der Waals surface area contributed by atoms with Crippen LogP contribution in [0.25, 0.3) is 22.1 Å². The molecule has 0 spiro atoms. The van der Waals surface area contributed by atoms with Crippen LogP contribution in [0.2, 0.25) is 0 Å². The van der Waals surface area contributed by atoms with Crippen LogP contribution in [0, 0.1) is 0 Å². The molecule has 27 heavy (non-hydrogen) atoms. The van der Waals surface area contributed by atoms with Crippen molar-refractivity contribution >= 4 is 10.8 Å². The highest BCUT2D eigenvalue weighted by Gasteiger charge is 2.06. The second-order valence-electron chi connectivity index (χ2n) is 6.81. The molecule has 0 N–H and O–H groups in total. The largest absolute Gasteiger partial charge is 0.497 e. The number of hydrogen-bond acceptors (Lipinski definition) is 3. The predicted molar refractivity (Wildman–Crippen MR) is 109 cm³/mol. The van der Waals surface area contributed by atoms with E-state index in [1.165, 1.54) is 16.5 Å². The lowest BCUT2D eigenvalue weighted by Gasteiger charge is -2.03. The topological polar surface area (TPSA) is 35.3 Å². The van der Waals surface area contributed by atoms with Crippen molar-refractivity contribution in [2.75, 3.05) is 7.11 Å². The lowest BCUT2D eigenvalue weighted by atomic mass is 10.0. The summed E-state index contributed by atoms with van der Waals surface area (Å²) >= 11 is 0. The number of furan rings is 1. The number of unbranched alkanes of at least 4 members (excludes halogenated alkanes) is 1. The summed E-state index contributed by atoms with van der Waals surface area (Å²) in [6, 6.07) is 18.9. The molecule has 0 fully saturated rings. The number of fused-ring (bicyclic) bond motifs is 1. The van der Waals surface area contributed by atoms with Gasteiger partial charge in [-0.1, -0.05) is 24.3 Å². The van der Waals surface area contributed by atoms with Gasteiger partial charge in [-0.05, 0) is 72.5 Å². The summed E-state index contributed by atoms with van der Waals surface area (Å²) in [6.07, 6.45) is 10.0. The van der Waals surface area contributed by atoms with Crippen LogP contribution in [-0.4, -0.2) is 12.1 Å². The van der Waals surface area contributed by atoms with E-state index < -0.39 is 0 Å². The van der Waals surface area contributed by atoms with Gasteiger partial charge in [0, 0.05) is 23.3 Å². The first-order valence-electron chi connectivity index (χ1n) is 9.36. The normalized spacial score (nSPS) is 11.0. The second-order valence-corrected chi connectivity index (χ2v) is 6.81. The lowest BCUT2D eigenvalue weighted by molar-refractivity contribution is 0.414. The molecular formula is C24H23NO2. The van der Waals surface area contributed by atoms with Crippen molar-refractivity contribution in [3.63, 3.8) is 0 Å². The molecule has 0 bridgehead atoms. The van der Waals surface area contributed by atoms with Crippen molar-refractivity contribution in [1.82, 2.24) is 4.98 Å². The van der Waals surface area contributed by atoms with Crippen LogP contribution in [0.1, 0.15) is 24.0 Å². The predicted octanol–water partition coefficient (Wildman–Crippen LogP) is 6.07. The molecule has 0 unspecified atom stereocenters. The highest BCUT2D eigenvalue weighted by molar-refractivity contribution is 5.85. The SMILES string of the molecule is COc1ccc(CCCCc2coc(-c3ccc4cnccc4c3)c2)cc1. The van der Waals surface area contributed by atoms with Gasteiger partial charge in [0.2, 0.25) is 0 Å². The first-order chi connectivity index (χ1) is 13.3. The van der Waals surface area contributed by atoms with Gasteiger partial charge in [-0.2, -0.15) is 0 Å². The van der Waals surface area contributed by atoms with Crippen molar-refractivity contribution in [3.05, 3.63) is 84.4 Å². The molecule has 0 radical (unpaired) electrons. The van der Waals surface area contributed by atoms with Gasteiger partial charge in [-0.25, -0.2) is 0 Å². The molecule has 2 aromatic carbocycles. The maximum absolute atomic E-state index is 5.81. The summed E-state index contributed by atoms with van der Waals surface area (Å²) in [4.78, 5) is 4.16. The van der Waals surface area contributed by atoms with Crippen molar-refractivity contribution in [3.8, 4) is 17.1 Å². The van der Waals surface area contributed by atoms with E-state index in [0.717, 1.165) is 48.1 Å². The Morgan fingerprint density at radius 3 is 2.48 bits per heavy atom. The van der Waals surface area contributed by atoms with Gasteiger partial charge in [0.25, 0.3) is 0 Å². The molecule has 0 aliphatic rings. The van der Waals surface area contributed by atoms with E-state index >= 15 is 0 Å². The smallest absolute Gasteiger partial charge is 0.134 e. The molecule has 3 heteroatoms. The summed E-state index contributed by atoms with van der Waals surface area (Å²) < 4.78 is 11.0. The number of methoxy groups -OCH3 is 1. The Morgan fingerprint density at radius 2 is 1.67 bits per heavy atom. The van der Waals surface area contributed by atoms with E-state index in [2.05, 4.69) is 41.4 Å². The number of nitrogens with zero attached hydrogens (tertiary/aromatic N) is 1. The van der Waals surface area contributed by atoms with E-state index in [-0.39, 0.29) is 0 Å². The Bertz CT molecular complexity index is 1020. The highest BCUT2D eigenvalue weighted by atomic mass is 16.5. The summed E-state index contributed by atoms with van der Waals surface area (Å²) in [5.41, 5.74) is 3.72. The quantitative estimate of drug-likeness (QED) is 0.377. The summed E-state index contributed by atoms with van der Waals surface area (Å²) in [5, 5.41) is 2.33. The van der Waals surface area contributed by atoms with Crippen LogP contribution < -0.4 is 4.74 Å². The number of pyridine rings is 1. The fourth-order valence-electron chi connectivity index (χ4n) is 3.35. The Hall–Kier alpha value is -3.07. The maximum Gasteiger partial charge on any atom is 0.134 e. The Kier molecular flexibility index (Phi) is 5.20. The van der Waals surface area contributed by atoms with E-state index in [1.54, 1.807) is 7.11 Å². The van der Waals surface area contributed by atoms with Crippen molar-refractivity contribution < 1.29 is 9.15 Å². The zero-order valence-electron chi connectivity index (χ0n) is 15.5. The van der Waals surface area contributed by atoms with E-state index in [9.17, 15) is 0 Å². The van der Waals surface area contributed by atoms with Gasteiger partial charge < -0.3 is 9.15 Å². The van der Waals surface area contributed by atoms with Gasteiger partial charge in [0.1, 0.15) is 11.5 Å². The van der Waals surface area contributed by atoms with Crippen molar-refractivity contribution in [2.45, 2.75) is 25.7 Å². The number of aryl methyl sites for hydroxylation is 2. The molecule has 136 valence electrons. The third-order valence-corrected chi connectivity index (χ3v) is 4.92. The monoisotopic (exact) mass is 357 g/mol. The standard InChI is InChI=1S/C24H23NO2/c1-26-23-10-6-18(7-11-23)4-2-3-5-19-14-24(27-17-19)21-8-9-22-16-25-13-12-20(22)15-21/h6-17H,2-5H2,1H3. The Balaban J connectivity index is 1.33. The fraction of sp³-hybridized carbons (Fsp3) is 0.208. The average Bonchev–Trinajstić information content (AvgIpc) is 3.20. The molecule has 0 saturated carbocycles. The Morgan fingerprint density at radius 1 is 0.852 bits per heavy atom. The molecule has 0 amide bonds. The number of ether oxygens (including phenoxy) is 1. The lowest BCUT2D eigenvalue weighted by Crippen LogP contribution is -1.89. The molecule has 4 aromatic rings. The van der Waals surface area contributed by atoms with Crippen LogP contribution in [0.3, 0.4) is 0 Å². The first kappa shape index (κ1) is 17.3. The van der Waals surface area contributed by atoms with Crippen LogP contribution in [-0.2, 0) is 12.8 Å². The molecule has 4 rings (SSSR count). The first-order valence-corrected chi connectivity index (χ1v) is 9.36. The average molecular weight is 357 g/mol. The molecule has 0 atom stereocenters. The zero-order chi connectivity index (χ0) is 18.5. The molecule has 0 aliphatic carbocycles. The highest BCUT2D eigenvalue weighted by Crippen LogP contribution is 2.26. The minimum atomic E-state index is 0.912. The van der Waals surface area contributed by atoms with Crippen LogP contribution in [0.4, 0.5) is 0 Å². The molecule has 2 heterocycles. The summed E-state index contributed by atoms with van der Waals surface area (Å²) in [5.74, 6) is 1.84. The minimum Gasteiger partial charge on any atom is -0.497 e. The van der Waals surface area contributed by atoms with Crippen LogP contribution >= 0.6 is 0 Å². The molecule has 0 saturated heterocycles. The van der Waals surface area contributed by atoms with E-state index in [4.69, 9.17) is 9.15 Å². The van der Waals surface area contributed by atoms with Gasteiger partial charge in [-0.3, -0.25) is 4.98 Å². The molecule has 2 aromatic heterocycles. The summed E-state index contributed by atoms with van der Waals surface area (Å²) in [6.45, 7) is 0. The second kappa shape index (κ2) is 8.09. The fourth-order valence-corrected chi connectivity index (χ4v) is 3.35. The van der Waals surface area contributed by atoms with Gasteiger partial charge in [0.05, 0.1) is 13.4 Å². The maximum atomic E-state index is 5.81. The third kappa shape index (κ3) is 4.20. The third-order valence-electron chi connectivity index (χ3n) is 4.92. The van der Waals surface area contributed by atoms with E-state index in [0.29, 0.717) is 0 Å². The zero-order valence-corrected chi connectivity index (χ0v) is 15.5. The number of aromatic nitrogens is 1. The van der Waals surface area contributed by atoms with Crippen LogP contribution in [0.5, 0.6) is 5.75 Å². The van der Waals surface area contributed by atoms with Crippen LogP contribution in [0.15, 0.2) is 77.7 Å². The Labute approximate surface area is 159 Å². The molecule has 0 aliphatic heterocycles. The minimum absolute atomic E-state index is 0.912. The number of rotatable bonds is 7. The summed E-state index contributed by atoms with van der Waals surface area (Å²) in [7, 11) is 1.70. The molecule has 3 nitrogen and oxygen atoms in total. The van der Waals surface area contributed by atoms with Gasteiger partial charge in [-0.15, -0.1) is 0 Å². The number of benzene rings is 2. The van der Waals surface area contributed by atoms with E-state index in [1.807, 2.05) is 36.9 Å². The van der Waals surface area contributed by atoms with Gasteiger partial charge in [0.15, 0.2) is 0 Å².